The summed E-state index contributed by atoms with van der Waals surface area (Å²) >= 11 is 0. The maximum absolute atomic E-state index is 7.38. The molecule has 0 amide bonds. The van der Waals surface area contributed by atoms with E-state index in [0.29, 0.717) is 23.7 Å². The van der Waals surface area contributed by atoms with Gasteiger partial charge in [-0.2, -0.15) is 0 Å². The third kappa shape index (κ3) is 3.61. The summed E-state index contributed by atoms with van der Waals surface area (Å²) in [7, 11) is 12.5. The van der Waals surface area contributed by atoms with Crippen LogP contribution in [0.4, 0.5) is 0 Å². The average molecular weight is 689 g/mol. The lowest BCUT2D eigenvalue weighted by molar-refractivity contribution is -0.578. The predicted octanol–water partition coefficient (Wildman–Crippen LogP) is 6.85. The molecule has 0 radical (unpaired) electrons. The van der Waals surface area contributed by atoms with Gasteiger partial charge in [-0.1, -0.05) is 13.8 Å². The van der Waals surface area contributed by atoms with Crippen molar-refractivity contribution in [1.29, 1.82) is 0 Å². The van der Waals surface area contributed by atoms with Gasteiger partial charge >= 0.3 is 0 Å². The summed E-state index contributed by atoms with van der Waals surface area (Å²) in [6, 6.07) is 0. The van der Waals surface area contributed by atoms with Gasteiger partial charge in [0.25, 0.3) is 0 Å². The Morgan fingerprint density at radius 1 is 0.523 bits per heavy atom. The van der Waals surface area contributed by atoms with Gasteiger partial charge < -0.3 is 28.4 Å². The minimum atomic E-state index is -0.695. The highest BCUT2D eigenvalue weighted by Crippen LogP contribution is 2.79. The van der Waals surface area contributed by atoms with E-state index in [1.54, 1.807) is 0 Å². The molecule has 8 saturated heterocycles. The zero-order chi connectivity index (χ0) is 32.4. The van der Waals surface area contributed by atoms with Crippen molar-refractivity contribution in [3.8, 4) is 0 Å². The van der Waals surface area contributed by atoms with Crippen LogP contribution in [0, 0.1) is 46.3 Å². The molecule has 44 heavy (non-hydrogen) atoms. The number of rotatable bonds is 6. The molecule has 8 aliphatic heterocycles. The Kier molecular flexibility index (Phi) is 7.43. The van der Waals surface area contributed by atoms with E-state index in [1.165, 1.54) is 0 Å². The van der Waals surface area contributed by atoms with Gasteiger partial charge in [0.15, 0.2) is 23.1 Å². The van der Waals surface area contributed by atoms with Gasteiger partial charge in [-0.3, -0.25) is 0 Å². The fourth-order valence-electron chi connectivity index (χ4n) is 14.2. The van der Waals surface area contributed by atoms with Crippen LogP contribution in [0.15, 0.2) is 0 Å². The lowest BCUT2D eigenvalue weighted by Gasteiger charge is -2.82. The van der Waals surface area contributed by atoms with Crippen molar-refractivity contribution in [1.82, 2.24) is 0 Å². The second-order valence-electron chi connectivity index (χ2n) is 17.5. The largest absolute Gasteiger partial charge is 0.343 e. The molecule has 8 heterocycles. The normalized spacial score (nSPS) is 65.9. The quantitative estimate of drug-likeness (QED) is 0.285. The van der Waals surface area contributed by atoms with Crippen molar-refractivity contribution in [2.45, 2.75) is 140 Å². The summed E-state index contributed by atoms with van der Waals surface area (Å²) in [5.41, 5.74) is -2.31. The lowest BCUT2D eigenvalue weighted by Crippen LogP contribution is -2.90. The first kappa shape index (κ1) is 34.0. The van der Waals surface area contributed by atoms with Crippen LogP contribution in [0.3, 0.4) is 0 Å². The van der Waals surface area contributed by atoms with E-state index in [2.05, 4.69) is 106 Å². The summed E-state index contributed by atoms with van der Waals surface area (Å²) in [5, 5.41) is 0. The fourth-order valence-corrected chi connectivity index (χ4v) is 18.2. The van der Waals surface area contributed by atoms with Crippen molar-refractivity contribution in [3.63, 3.8) is 0 Å². The molecule has 0 aromatic heterocycles. The Morgan fingerprint density at radius 3 is 1.16 bits per heavy atom. The van der Waals surface area contributed by atoms with Gasteiger partial charge in [0.1, 0.15) is 0 Å². The van der Waals surface area contributed by atoms with E-state index in [-0.39, 0.29) is 22.7 Å². The Labute approximate surface area is 276 Å². The van der Waals surface area contributed by atoms with Crippen LogP contribution < -0.4 is 0 Å². The summed E-state index contributed by atoms with van der Waals surface area (Å²) in [6.45, 7) is 23.2. The smallest absolute Gasteiger partial charge is 0.175 e. The zero-order valence-electron chi connectivity index (χ0n) is 28.9. The zero-order valence-corrected chi connectivity index (χ0v) is 33.5. The molecule has 1 aliphatic carbocycles. The van der Waals surface area contributed by atoms with Crippen LogP contribution in [0.25, 0.3) is 0 Å². The first-order valence-electron chi connectivity index (χ1n) is 17.2. The van der Waals surface area contributed by atoms with Crippen LogP contribution in [0.2, 0.25) is 0 Å². The van der Waals surface area contributed by atoms with Gasteiger partial charge in [-0.05, 0) is 117 Å². The summed E-state index contributed by atoms with van der Waals surface area (Å²) in [5.74, 6) is -0.774. The molecule has 9 fully saturated rings. The molecular weight excluding hydrogens is 628 g/mol. The first-order valence-corrected chi connectivity index (χ1v) is 20.5. The molecule has 252 valence electrons. The van der Waals surface area contributed by atoms with E-state index in [0.717, 1.165) is 50.3 Å². The van der Waals surface area contributed by atoms with E-state index in [9.17, 15) is 0 Å². The van der Waals surface area contributed by atoms with Crippen molar-refractivity contribution in [2.24, 2.45) is 46.3 Å². The molecule has 0 aromatic rings. The van der Waals surface area contributed by atoms with Gasteiger partial charge in [-0.15, -0.1) is 37.0 Å². The molecule has 8 bridgehead atoms. The molecule has 0 N–H and O–H groups in total. The van der Waals surface area contributed by atoms with Gasteiger partial charge in [-0.25, -0.2) is 0 Å². The van der Waals surface area contributed by atoms with Gasteiger partial charge in [0.05, 0.1) is 22.4 Å². The Hall–Kier alpha value is 1.48. The van der Waals surface area contributed by atoms with Crippen molar-refractivity contribution < 1.29 is 28.4 Å². The Bertz CT molecular complexity index is 1150. The number of hydrogen-bond donors (Lipinski definition) is 0. The SMILES string of the molecule is CC1CC(C2(CP)C3(C)CC4(C)OC(C)(O3)C(CP)C2(C)O4)C(C2(CP)C3(C)CC4(C)OC(C)(O3)C(CP)C2(C)O4)CC1C. The second kappa shape index (κ2) is 9.62. The highest BCUT2D eigenvalue weighted by atomic mass is 31.0. The molecule has 6 nitrogen and oxygen atoms in total. The number of ether oxygens (including phenoxy) is 6. The molecule has 9 aliphatic rings. The number of hydrogen-bond acceptors (Lipinski definition) is 6. The van der Waals surface area contributed by atoms with Crippen molar-refractivity contribution >= 4 is 37.0 Å². The van der Waals surface area contributed by atoms with Crippen LogP contribution in [-0.4, -0.2) is 70.2 Å². The van der Waals surface area contributed by atoms with Crippen LogP contribution in [0.5, 0.6) is 0 Å². The molecular formula is C34H60O6P4. The summed E-state index contributed by atoms with van der Waals surface area (Å²) < 4.78 is 42.9. The lowest BCUT2D eigenvalue weighted by atomic mass is 9.37. The van der Waals surface area contributed by atoms with Crippen molar-refractivity contribution in [2.75, 3.05) is 24.6 Å². The minimum Gasteiger partial charge on any atom is -0.343 e. The van der Waals surface area contributed by atoms with E-state index >= 15 is 0 Å². The highest BCUT2D eigenvalue weighted by molar-refractivity contribution is 7.17. The minimum absolute atomic E-state index is 0.0763. The standard InChI is InChI=1S/C34H60O6P4/c1-19-11-21(33(17-43)25(3)15-27(5)37-29(33,7)23(13-41)31(9,35-25)39-27)22(12-20(19)2)34(18-44)26(4)16-28(6)38-30(34,8)24(14-42)32(10,36-26)40-28/h19-24H,11-18,41-44H2,1-10H3. The Balaban J connectivity index is 1.48. The summed E-state index contributed by atoms with van der Waals surface area (Å²) in [6.07, 6.45) is 7.24. The third-order valence-corrected chi connectivity index (χ3v) is 17.4. The van der Waals surface area contributed by atoms with Crippen LogP contribution in [-0.2, 0) is 28.4 Å². The second-order valence-corrected chi connectivity index (χ2v) is 19.3. The van der Waals surface area contributed by atoms with E-state index in [1.807, 2.05) is 0 Å². The molecule has 0 spiro atoms. The molecule has 10 heteroatoms. The van der Waals surface area contributed by atoms with E-state index < -0.39 is 45.6 Å². The fraction of sp³-hybridized carbons (Fsp3) is 1.00. The van der Waals surface area contributed by atoms with Crippen molar-refractivity contribution in [3.05, 3.63) is 0 Å². The highest BCUT2D eigenvalue weighted by Gasteiger charge is 2.86. The maximum atomic E-state index is 7.38. The Morgan fingerprint density at radius 2 is 0.864 bits per heavy atom. The maximum Gasteiger partial charge on any atom is 0.175 e. The van der Waals surface area contributed by atoms with E-state index in [4.69, 9.17) is 28.4 Å². The predicted molar refractivity (Wildman–Crippen MR) is 188 cm³/mol. The topological polar surface area (TPSA) is 55.4 Å². The molecule has 1 saturated carbocycles. The molecule has 20 unspecified atom stereocenters. The molecule has 0 aromatic carbocycles. The van der Waals surface area contributed by atoms with Crippen LogP contribution in [0.1, 0.15) is 94.9 Å². The third-order valence-electron chi connectivity index (χ3n) is 15.2. The molecule has 9 rings (SSSR count). The van der Waals surface area contributed by atoms with Crippen LogP contribution >= 0.6 is 37.0 Å². The average Bonchev–Trinajstić information content (AvgIpc) is 2.83. The van der Waals surface area contributed by atoms with Gasteiger partial charge in [0, 0.05) is 35.5 Å². The first-order chi connectivity index (χ1) is 20.2. The summed E-state index contributed by atoms with van der Waals surface area (Å²) in [4.78, 5) is 0. The molecule has 20 atom stereocenters. The van der Waals surface area contributed by atoms with Gasteiger partial charge in [0.2, 0.25) is 0 Å². The monoisotopic (exact) mass is 688 g/mol.